The van der Waals surface area contributed by atoms with Crippen LogP contribution in [0.15, 0.2) is 54.6 Å². The number of ether oxygens (including phenoxy) is 1. The third-order valence-electron chi connectivity index (χ3n) is 5.03. The molecule has 1 fully saturated rings. The fourth-order valence-electron chi connectivity index (χ4n) is 3.37. The number of hydrogen-bond donors (Lipinski definition) is 2. The highest BCUT2D eigenvalue weighted by Crippen LogP contribution is 2.23. The van der Waals surface area contributed by atoms with Gasteiger partial charge in [0.1, 0.15) is 0 Å². The summed E-state index contributed by atoms with van der Waals surface area (Å²) in [5, 5.41) is 5.98. The largest absolute Gasteiger partial charge is 0.379 e. The second-order valence-electron chi connectivity index (χ2n) is 7.20. The summed E-state index contributed by atoms with van der Waals surface area (Å²) in [6, 6.07) is 18.5. The van der Waals surface area contributed by atoms with E-state index in [1.165, 1.54) is 5.56 Å². The van der Waals surface area contributed by atoms with Crippen LogP contribution in [-0.4, -0.2) is 57.9 Å². The summed E-state index contributed by atoms with van der Waals surface area (Å²) in [5.74, 6) is 0. The van der Waals surface area contributed by atoms with E-state index in [1.807, 2.05) is 44.4 Å². The van der Waals surface area contributed by atoms with Gasteiger partial charge in [-0.1, -0.05) is 42.5 Å². The molecule has 1 heterocycles. The minimum Gasteiger partial charge on any atom is -0.379 e. The molecule has 1 aliphatic rings. The smallest absolute Gasteiger partial charge is 0.315 e. The van der Waals surface area contributed by atoms with Gasteiger partial charge in [-0.15, -0.1) is 0 Å². The normalized spacial score (nSPS) is 15.6. The molecule has 6 nitrogen and oxygen atoms in total. The van der Waals surface area contributed by atoms with Crippen molar-refractivity contribution in [1.82, 2.24) is 15.5 Å². The first-order chi connectivity index (χ1) is 13.6. The van der Waals surface area contributed by atoms with Crippen molar-refractivity contribution in [2.24, 2.45) is 0 Å². The first-order valence-electron chi connectivity index (χ1n) is 9.78. The van der Waals surface area contributed by atoms with E-state index in [2.05, 4.69) is 44.7 Å². The molecule has 0 radical (unpaired) electrons. The van der Waals surface area contributed by atoms with Gasteiger partial charge in [0, 0.05) is 46.0 Å². The van der Waals surface area contributed by atoms with Crippen molar-refractivity contribution in [3.8, 4) is 0 Å². The van der Waals surface area contributed by atoms with Crippen molar-refractivity contribution in [2.75, 3.05) is 51.8 Å². The number of carbonyl (C=O) groups is 1. The lowest BCUT2D eigenvalue weighted by Gasteiger charge is -2.35. The van der Waals surface area contributed by atoms with E-state index in [-0.39, 0.29) is 12.1 Å². The highest BCUT2D eigenvalue weighted by atomic mass is 16.5. The van der Waals surface area contributed by atoms with Crippen LogP contribution in [0.2, 0.25) is 0 Å². The average Bonchev–Trinajstić information content (AvgIpc) is 2.74. The molecule has 1 unspecified atom stereocenters. The monoisotopic (exact) mass is 382 g/mol. The molecule has 0 saturated carbocycles. The number of anilines is 1. The van der Waals surface area contributed by atoms with Gasteiger partial charge in [0.05, 0.1) is 19.3 Å². The Labute approximate surface area is 167 Å². The van der Waals surface area contributed by atoms with Crippen LogP contribution >= 0.6 is 0 Å². The number of carbonyl (C=O) groups excluding carboxylic acids is 1. The van der Waals surface area contributed by atoms with Gasteiger partial charge >= 0.3 is 6.03 Å². The quantitative estimate of drug-likeness (QED) is 0.773. The van der Waals surface area contributed by atoms with Gasteiger partial charge in [0.25, 0.3) is 0 Å². The van der Waals surface area contributed by atoms with E-state index in [9.17, 15) is 4.79 Å². The zero-order chi connectivity index (χ0) is 19.8. The SMILES string of the molecule is CN(C)c1ccc(C(CNC(=O)NCc2ccccc2)N2CCOCC2)cc1. The summed E-state index contributed by atoms with van der Waals surface area (Å²) in [6.07, 6.45) is 0. The molecule has 3 rings (SSSR count). The van der Waals surface area contributed by atoms with E-state index < -0.39 is 0 Å². The van der Waals surface area contributed by atoms with Gasteiger partial charge < -0.3 is 20.3 Å². The predicted octanol–water partition coefficient (Wildman–Crippen LogP) is 2.63. The lowest BCUT2D eigenvalue weighted by atomic mass is 10.0. The number of nitrogens with one attached hydrogen (secondary N) is 2. The van der Waals surface area contributed by atoms with E-state index in [4.69, 9.17) is 4.74 Å². The lowest BCUT2D eigenvalue weighted by Crippen LogP contribution is -2.45. The molecule has 2 aromatic carbocycles. The minimum absolute atomic E-state index is 0.127. The summed E-state index contributed by atoms with van der Waals surface area (Å²) in [4.78, 5) is 16.8. The number of rotatable bonds is 7. The van der Waals surface area contributed by atoms with Gasteiger partial charge in [-0.2, -0.15) is 0 Å². The van der Waals surface area contributed by atoms with Gasteiger partial charge in [-0.25, -0.2) is 4.79 Å². The predicted molar refractivity (Wildman–Crippen MR) is 113 cm³/mol. The van der Waals surface area contributed by atoms with E-state index in [0.29, 0.717) is 13.1 Å². The zero-order valence-corrected chi connectivity index (χ0v) is 16.7. The van der Waals surface area contributed by atoms with Crippen molar-refractivity contribution >= 4 is 11.7 Å². The number of morpholine rings is 1. The number of urea groups is 1. The molecule has 0 aromatic heterocycles. The van der Waals surface area contributed by atoms with E-state index in [1.54, 1.807) is 0 Å². The van der Waals surface area contributed by atoms with Gasteiger partial charge in [0.2, 0.25) is 0 Å². The van der Waals surface area contributed by atoms with Crippen LogP contribution in [0, 0.1) is 0 Å². The molecule has 28 heavy (non-hydrogen) atoms. The molecule has 1 aliphatic heterocycles. The summed E-state index contributed by atoms with van der Waals surface area (Å²) in [5.41, 5.74) is 3.45. The second-order valence-corrected chi connectivity index (χ2v) is 7.20. The maximum Gasteiger partial charge on any atom is 0.315 e. The Hall–Kier alpha value is -2.57. The van der Waals surface area contributed by atoms with Gasteiger partial charge in [-0.3, -0.25) is 4.90 Å². The summed E-state index contributed by atoms with van der Waals surface area (Å²) < 4.78 is 5.50. The second kappa shape index (κ2) is 10.1. The molecule has 150 valence electrons. The molecule has 1 saturated heterocycles. The van der Waals surface area contributed by atoms with Gasteiger partial charge in [0.15, 0.2) is 0 Å². The Bertz CT molecular complexity index is 728. The van der Waals surface area contributed by atoms with Crippen molar-refractivity contribution in [3.63, 3.8) is 0 Å². The van der Waals surface area contributed by atoms with Crippen molar-refractivity contribution < 1.29 is 9.53 Å². The van der Waals surface area contributed by atoms with Crippen molar-refractivity contribution in [1.29, 1.82) is 0 Å². The molecule has 0 bridgehead atoms. The van der Waals surface area contributed by atoms with Crippen LogP contribution in [0.5, 0.6) is 0 Å². The summed E-state index contributed by atoms with van der Waals surface area (Å²) >= 11 is 0. The molecule has 0 spiro atoms. The molecular weight excluding hydrogens is 352 g/mol. The molecule has 2 amide bonds. The zero-order valence-electron chi connectivity index (χ0n) is 16.7. The first kappa shape index (κ1) is 20.2. The fourth-order valence-corrected chi connectivity index (χ4v) is 3.37. The Morgan fingerprint density at radius 1 is 1.04 bits per heavy atom. The summed E-state index contributed by atoms with van der Waals surface area (Å²) in [7, 11) is 4.07. The first-order valence-corrected chi connectivity index (χ1v) is 9.78. The highest BCUT2D eigenvalue weighted by molar-refractivity contribution is 5.73. The average molecular weight is 383 g/mol. The maximum absolute atomic E-state index is 12.3. The molecule has 2 N–H and O–H groups in total. The third-order valence-corrected chi connectivity index (χ3v) is 5.03. The minimum atomic E-state index is -0.146. The number of hydrogen-bond acceptors (Lipinski definition) is 4. The molecule has 6 heteroatoms. The lowest BCUT2D eigenvalue weighted by molar-refractivity contribution is 0.0167. The van der Waals surface area contributed by atoms with Crippen LogP contribution in [0.25, 0.3) is 0 Å². The molecular formula is C22H30N4O2. The fraction of sp³-hybridized carbons (Fsp3) is 0.409. The highest BCUT2D eigenvalue weighted by Gasteiger charge is 2.23. The maximum atomic E-state index is 12.3. The standard InChI is InChI=1S/C22H30N4O2/c1-25(2)20-10-8-19(9-11-20)21(26-12-14-28-15-13-26)17-24-22(27)23-16-18-6-4-3-5-7-18/h3-11,21H,12-17H2,1-2H3,(H2,23,24,27). The number of nitrogens with zero attached hydrogens (tertiary/aromatic N) is 2. The van der Waals surface area contributed by atoms with Crippen LogP contribution in [-0.2, 0) is 11.3 Å². The van der Waals surface area contributed by atoms with Gasteiger partial charge in [-0.05, 0) is 23.3 Å². The summed E-state index contributed by atoms with van der Waals surface area (Å²) in [6.45, 7) is 4.27. The topological polar surface area (TPSA) is 56.8 Å². The van der Waals surface area contributed by atoms with Crippen LogP contribution in [0.1, 0.15) is 17.2 Å². The third kappa shape index (κ3) is 5.71. The Morgan fingerprint density at radius 2 is 1.71 bits per heavy atom. The molecule has 1 atom stereocenters. The van der Waals surface area contributed by atoms with Crippen molar-refractivity contribution in [3.05, 3.63) is 65.7 Å². The molecule has 2 aromatic rings. The van der Waals surface area contributed by atoms with Crippen molar-refractivity contribution in [2.45, 2.75) is 12.6 Å². The number of amides is 2. The molecule has 0 aliphatic carbocycles. The van der Waals surface area contributed by atoms with E-state index >= 15 is 0 Å². The van der Waals surface area contributed by atoms with Crippen LogP contribution < -0.4 is 15.5 Å². The Morgan fingerprint density at radius 3 is 2.36 bits per heavy atom. The Kier molecular flexibility index (Phi) is 7.28. The van der Waals surface area contributed by atoms with E-state index in [0.717, 1.165) is 37.6 Å². The van der Waals surface area contributed by atoms with Crippen LogP contribution in [0.4, 0.5) is 10.5 Å². The number of benzene rings is 2. The Balaban J connectivity index is 1.61. The van der Waals surface area contributed by atoms with Crippen LogP contribution in [0.3, 0.4) is 0 Å².